The van der Waals surface area contributed by atoms with Gasteiger partial charge in [-0.3, -0.25) is 9.97 Å². The normalized spacial score (nSPS) is 14.3. The van der Waals surface area contributed by atoms with Gasteiger partial charge in [-0.15, -0.1) is 0 Å². The molecule has 0 aliphatic carbocycles. The van der Waals surface area contributed by atoms with E-state index in [1.54, 1.807) is 0 Å². The molecule has 4 aromatic rings. The van der Waals surface area contributed by atoms with Crippen molar-refractivity contribution in [3.05, 3.63) is 65.0 Å². The maximum Gasteiger partial charge on any atom is 0.337 e. The highest BCUT2D eigenvalue weighted by atomic mass is 16.5. The molecule has 2 aromatic carbocycles. The fourth-order valence-electron chi connectivity index (χ4n) is 4.84. The lowest BCUT2D eigenvalue weighted by Gasteiger charge is -2.29. The molecule has 1 aliphatic heterocycles. The van der Waals surface area contributed by atoms with Crippen LogP contribution in [0, 0.1) is 13.8 Å². The van der Waals surface area contributed by atoms with Crippen LogP contribution >= 0.6 is 0 Å². The molecule has 1 atom stereocenters. The third-order valence-electron chi connectivity index (χ3n) is 6.18. The fourth-order valence-corrected chi connectivity index (χ4v) is 4.84. The monoisotopic (exact) mass is 456 g/mol. The zero-order valence-corrected chi connectivity index (χ0v) is 20.1. The van der Waals surface area contributed by atoms with Gasteiger partial charge < -0.3 is 14.6 Å². The standard InChI is InChI=1S/C28H28N2O4/c1-15-14-20-18(7-6-16(2)30-20)24(22(15)26(27(31)32)34-28(3,4)5)19-8-9-21-23-17(11-13-33-21)10-12-29-25(19)23/h6-10,12,14,26H,11,13H2,1-5H3,(H,31,32). The van der Waals surface area contributed by atoms with Crippen molar-refractivity contribution in [2.24, 2.45) is 0 Å². The van der Waals surface area contributed by atoms with Crippen LogP contribution < -0.4 is 4.74 Å². The SMILES string of the molecule is Cc1ccc2c(-c3ccc4c5c(ccnc35)CCO4)c(C(OC(C)(C)C)C(=O)O)c(C)cc2n1. The van der Waals surface area contributed by atoms with E-state index in [4.69, 9.17) is 19.4 Å². The largest absolute Gasteiger partial charge is 0.493 e. The third-order valence-corrected chi connectivity index (χ3v) is 6.18. The van der Waals surface area contributed by atoms with Crippen molar-refractivity contribution in [1.82, 2.24) is 9.97 Å². The predicted octanol–water partition coefficient (Wildman–Crippen LogP) is 5.94. The van der Waals surface area contributed by atoms with Gasteiger partial charge in [0.1, 0.15) is 5.75 Å². The van der Waals surface area contributed by atoms with Crippen LogP contribution in [0.1, 0.15) is 49.3 Å². The van der Waals surface area contributed by atoms with E-state index in [2.05, 4.69) is 0 Å². The number of fused-ring (bicyclic) bond motifs is 1. The van der Waals surface area contributed by atoms with E-state index in [0.29, 0.717) is 12.2 Å². The number of aryl methyl sites for hydroxylation is 2. The molecular weight excluding hydrogens is 428 g/mol. The Bertz CT molecular complexity index is 1440. The van der Waals surface area contributed by atoms with Crippen LogP contribution in [0.15, 0.2) is 42.6 Å². The lowest BCUT2D eigenvalue weighted by Crippen LogP contribution is -2.28. The minimum absolute atomic E-state index is 0.625. The Morgan fingerprint density at radius 1 is 1.15 bits per heavy atom. The van der Waals surface area contributed by atoms with Gasteiger partial charge in [0.2, 0.25) is 0 Å². The molecule has 2 aromatic heterocycles. The number of aliphatic carboxylic acids is 1. The first kappa shape index (κ1) is 22.3. The van der Waals surface area contributed by atoms with Crippen molar-refractivity contribution >= 4 is 27.8 Å². The summed E-state index contributed by atoms with van der Waals surface area (Å²) in [4.78, 5) is 22.1. The molecule has 1 N–H and O–H groups in total. The molecule has 0 radical (unpaired) electrons. The zero-order chi connectivity index (χ0) is 24.2. The molecular formula is C28H28N2O4. The number of hydrogen-bond acceptors (Lipinski definition) is 5. The Morgan fingerprint density at radius 2 is 1.94 bits per heavy atom. The second-order valence-corrected chi connectivity index (χ2v) is 9.85. The Labute approximate surface area is 198 Å². The Hall–Kier alpha value is -3.51. The topological polar surface area (TPSA) is 81.5 Å². The quantitative estimate of drug-likeness (QED) is 0.409. The van der Waals surface area contributed by atoms with Gasteiger partial charge in [0.25, 0.3) is 0 Å². The van der Waals surface area contributed by atoms with Gasteiger partial charge in [-0.25, -0.2) is 4.79 Å². The van der Waals surface area contributed by atoms with E-state index < -0.39 is 17.7 Å². The second-order valence-electron chi connectivity index (χ2n) is 9.85. The molecule has 5 rings (SSSR count). The summed E-state index contributed by atoms with van der Waals surface area (Å²) in [5.41, 5.74) is 6.12. The smallest absolute Gasteiger partial charge is 0.337 e. The first-order valence-corrected chi connectivity index (χ1v) is 11.5. The first-order valence-electron chi connectivity index (χ1n) is 11.5. The van der Waals surface area contributed by atoms with Crippen molar-refractivity contribution in [2.75, 3.05) is 6.61 Å². The Morgan fingerprint density at radius 3 is 2.68 bits per heavy atom. The molecule has 0 bridgehead atoms. The number of hydrogen-bond donors (Lipinski definition) is 1. The van der Waals surface area contributed by atoms with Crippen molar-refractivity contribution in [1.29, 1.82) is 0 Å². The van der Waals surface area contributed by atoms with Gasteiger partial charge in [-0.05, 0) is 81.6 Å². The van der Waals surface area contributed by atoms with E-state index in [1.165, 1.54) is 5.56 Å². The summed E-state index contributed by atoms with van der Waals surface area (Å²) >= 11 is 0. The summed E-state index contributed by atoms with van der Waals surface area (Å²) in [7, 11) is 0. The number of carbonyl (C=O) groups is 1. The van der Waals surface area contributed by atoms with Crippen LogP contribution in [0.5, 0.6) is 5.75 Å². The summed E-state index contributed by atoms with van der Waals surface area (Å²) in [5, 5.41) is 12.1. The molecule has 6 nitrogen and oxygen atoms in total. The van der Waals surface area contributed by atoms with Gasteiger partial charge in [0, 0.05) is 40.2 Å². The van der Waals surface area contributed by atoms with E-state index >= 15 is 0 Å². The molecule has 0 saturated carbocycles. The van der Waals surface area contributed by atoms with E-state index in [0.717, 1.165) is 56.4 Å². The molecule has 1 unspecified atom stereocenters. The van der Waals surface area contributed by atoms with Crippen LogP contribution in [0.2, 0.25) is 0 Å². The number of carboxylic acids is 1. The van der Waals surface area contributed by atoms with Crippen LogP contribution in [-0.4, -0.2) is 33.3 Å². The van der Waals surface area contributed by atoms with Gasteiger partial charge >= 0.3 is 5.97 Å². The highest BCUT2D eigenvalue weighted by Gasteiger charge is 2.32. The number of benzene rings is 2. The summed E-state index contributed by atoms with van der Waals surface area (Å²) in [6, 6.07) is 11.9. The number of pyridine rings is 2. The highest BCUT2D eigenvalue weighted by molar-refractivity contribution is 6.08. The van der Waals surface area contributed by atoms with Gasteiger partial charge in [-0.1, -0.05) is 6.07 Å². The molecule has 0 saturated heterocycles. The summed E-state index contributed by atoms with van der Waals surface area (Å²) in [5.74, 6) is -0.223. The van der Waals surface area contributed by atoms with Gasteiger partial charge in [-0.2, -0.15) is 0 Å². The number of nitrogens with zero attached hydrogens (tertiary/aromatic N) is 2. The van der Waals surface area contributed by atoms with Crippen LogP contribution in [-0.2, 0) is 16.0 Å². The predicted molar refractivity (Wildman–Crippen MR) is 132 cm³/mol. The summed E-state index contributed by atoms with van der Waals surface area (Å²) in [6.45, 7) is 10.1. The maximum absolute atomic E-state index is 12.6. The van der Waals surface area contributed by atoms with Gasteiger partial charge in [0.05, 0.1) is 23.2 Å². The summed E-state index contributed by atoms with van der Waals surface area (Å²) < 4.78 is 12.1. The molecule has 3 heterocycles. The molecule has 0 amide bonds. The Kier molecular flexibility index (Phi) is 5.29. The Balaban J connectivity index is 1.91. The molecule has 174 valence electrons. The van der Waals surface area contributed by atoms with Crippen molar-refractivity contribution in [3.8, 4) is 16.9 Å². The molecule has 6 heteroatoms. The molecule has 0 fully saturated rings. The maximum atomic E-state index is 12.6. The average molecular weight is 457 g/mol. The average Bonchev–Trinajstić information content (AvgIpc) is 2.77. The molecule has 1 aliphatic rings. The zero-order valence-electron chi connectivity index (χ0n) is 20.1. The van der Waals surface area contributed by atoms with E-state index in [-0.39, 0.29) is 0 Å². The van der Waals surface area contributed by atoms with Crippen LogP contribution in [0.4, 0.5) is 0 Å². The van der Waals surface area contributed by atoms with E-state index in [9.17, 15) is 9.90 Å². The van der Waals surface area contributed by atoms with Gasteiger partial charge in [0.15, 0.2) is 6.10 Å². The number of rotatable bonds is 4. The first-order chi connectivity index (χ1) is 16.1. The lowest BCUT2D eigenvalue weighted by atomic mass is 9.86. The minimum Gasteiger partial charge on any atom is -0.493 e. The van der Waals surface area contributed by atoms with Crippen molar-refractivity contribution in [2.45, 2.75) is 52.7 Å². The number of ether oxygens (including phenoxy) is 2. The molecule has 0 spiro atoms. The summed E-state index contributed by atoms with van der Waals surface area (Å²) in [6.07, 6.45) is 1.47. The van der Waals surface area contributed by atoms with Crippen molar-refractivity contribution < 1.29 is 19.4 Å². The highest BCUT2D eigenvalue weighted by Crippen LogP contribution is 2.44. The minimum atomic E-state index is -1.15. The second kappa shape index (κ2) is 8.06. The van der Waals surface area contributed by atoms with Crippen molar-refractivity contribution in [3.63, 3.8) is 0 Å². The number of carboxylic acid groups (broad SMARTS) is 1. The fraction of sp³-hybridized carbons (Fsp3) is 0.321. The number of aromatic nitrogens is 2. The third kappa shape index (κ3) is 3.78. The van der Waals surface area contributed by atoms with E-state index in [1.807, 2.05) is 77.2 Å². The van der Waals surface area contributed by atoms with Crippen LogP contribution in [0.25, 0.3) is 32.9 Å². The lowest BCUT2D eigenvalue weighted by molar-refractivity contribution is -0.160. The molecule has 34 heavy (non-hydrogen) atoms. The van der Waals surface area contributed by atoms with Crippen LogP contribution in [0.3, 0.4) is 0 Å².